The number of hydrogen-bond donors (Lipinski definition) is 1. The van der Waals surface area contributed by atoms with Gasteiger partial charge in [0.2, 0.25) is 5.95 Å². The summed E-state index contributed by atoms with van der Waals surface area (Å²) in [5.41, 5.74) is 8.41. The average molecular weight is 320 g/mol. The van der Waals surface area contributed by atoms with Crippen LogP contribution in [0.15, 0.2) is 46.9 Å². The lowest BCUT2D eigenvalue weighted by atomic mass is 10.2. The maximum Gasteiger partial charge on any atom is 0.201 e. The minimum Gasteiger partial charge on any atom is -0.369 e. The number of hydrogen-bond acceptors (Lipinski definition) is 2. The molecule has 1 heterocycles. The highest BCUT2D eigenvalue weighted by atomic mass is 79.9. The number of anilines is 1. The zero-order valence-corrected chi connectivity index (χ0v) is 11.6. The number of nitrogens with zero attached hydrogens (tertiary/aromatic N) is 2. The van der Waals surface area contributed by atoms with Crippen LogP contribution in [-0.4, -0.2) is 9.55 Å². The number of benzene rings is 2. The predicted molar refractivity (Wildman–Crippen MR) is 77.3 cm³/mol. The lowest BCUT2D eigenvalue weighted by Crippen LogP contribution is -2.05. The van der Waals surface area contributed by atoms with Crippen LogP contribution < -0.4 is 5.73 Å². The van der Waals surface area contributed by atoms with Crippen LogP contribution in [0, 0.1) is 5.82 Å². The fourth-order valence-electron chi connectivity index (χ4n) is 2.08. The Morgan fingerprint density at radius 1 is 1.21 bits per heavy atom. The molecule has 96 valence electrons. The van der Waals surface area contributed by atoms with E-state index in [-0.39, 0.29) is 5.82 Å². The van der Waals surface area contributed by atoms with Gasteiger partial charge in [0.05, 0.1) is 17.6 Å². The molecule has 3 nitrogen and oxygen atoms in total. The van der Waals surface area contributed by atoms with Crippen LogP contribution in [0.2, 0.25) is 0 Å². The van der Waals surface area contributed by atoms with Crippen LogP contribution >= 0.6 is 15.9 Å². The van der Waals surface area contributed by atoms with Gasteiger partial charge in [0.15, 0.2) is 0 Å². The molecule has 0 saturated carbocycles. The first-order valence-electron chi connectivity index (χ1n) is 5.80. The molecule has 0 fully saturated rings. The number of fused-ring (bicyclic) bond motifs is 1. The molecule has 3 rings (SSSR count). The molecular weight excluding hydrogens is 309 g/mol. The van der Waals surface area contributed by atoms with Crippen molar-refractivity contribution in [3.05, 3.63) is 58.3 Å². The van der Waals surface area contributed by atoms with Gasteiger partial charge in [-0.05, 0) is 23.8 Å². The summed E-state index contributed by atoms with van der Waals surface area (Å²) in [7, 11) is 0. The molecule has 2 aromatic carbocycles. The highest BCUT2D eigenvalue weighted by Crippen LogP contribution is 2.23. The maximum absolute atomic E-state index is 13.2. The van der Waals surface area contributed by atoms with E-state index in [9.17, 15) is 4.39 Å². The smallest absolute Gasteiger partial charge is 0.201 e. The van der Waals surface area contributed by atoms with Gasteiger partial charge < -0.3 is 10.3 Å². The Kier molecular flexibility index (Phi) is 2.98. The second-order valence-corrected chi connectivity index (χ2v) is 5.13. The molecule has 0 aliphatic rings. The van der Waals surface area contributed by atoms with Crippen molar-refractivity contribution in [2.45, 2.75) is 6.54 Å². The summed E-state index contributed by atoms with van der Waals surface area (Å²) < 4.78 is 16.1. The third-order valence-electron chi connectivity index (χ3n) is 3.03. The standard InChI is InChI=1S/C14H11BrFN3/c15-11-4-2-1-3-9(11)8-19-13-6-5-10(16)7-12(13)18-14(19)17/h1-7H,8H2,(H2,17,18). The van der Waals surface area contributed by atoms with Gasteiger partial charge in [0.25, 0.3) is 0 Å². The lowest BCUT2D eigenvalue weighted by molar-refractivity contribution is 0.629. The van der Waals surface area contributed by atoms with Crippen molar-refractivity contribution < 1.29 is 4.39 Å². The molecule has 0 amide bonds. The summed E-state index contributed by atoms with van der Waals surface area (Å²) in [6.07, 6.45) is 0. The van der Waals surface area contributed by atoms with Crippen molar-refractivity contribution in [3.63, 3.8) is 0 Å². The highest BCUT2D eigenvalue weighted by molar-refractivity contribution is 9.10. The minimum atomic E-state index is -0.307. The fourth-order valence-corrected chi connectivity index (χ4v) is 2.49. The Labute approximate surface area is 118 Å². The van der Waals surface area contributed by atoms with E-state index in [2.05, 4.69) is 20.9 Å². The van der Waals surface area contributed by atoms with Gasteiger partial charge in [-0.2, -0.15) is 0 Å². The molecular formula is C14H11BrFN3. The van der Waals surface area contributed by atoms with Crippen LogP contribution in [0.4, 0.5) is 10.3 Å². The molecule has 1 aromatic heterocycles. The molecule has 2 N–H and O–H groups in total. The minimum absolute atomic E-state index is 0.307. The van der Waals surface area contributed by atoms with Crippen molar-refractivity contribution in [1.29, 1.82) is 0 Å². The zero-order chi connectivity index (χ0) is 13.4. The van der Waals surface area contributed by atoms with Gasteiger partial charge in [-0.1, -0.05) is 34.1 Å². The summed E-state index contributed by atoms with van der Waals surface area (Å²) >= 11 is 3.51. The molecule has 0 saturated heterocycles. The molecule has 19 heavy (non-hydrogen) atoms. The van der Waals surface area contributed by atoms with Crippen molar-refractivity contribution in [1.82, 2.24) is 9.55 Å². The summed E-state index contributed by atoms with van der Waals surface area (Å²) in [5, 5.41) is 0. The number of nitrogen functional groups attached to an aromatic ring is 1. The van der Waals surface area contributed by atoms with Crippen LogP contribution in [0.5, 0.6) is 0 Å². The zero-order valence-electron chi connectivity index (χ0n) is 9.98. The van der Waals surface area contributed by atoms with E-state index in [0.29, 0.717) is 18.0 Å². The number of imidazole rings is 1. The first-order chi connectivity index (χ1) is 9.15. The lowest BCUT2D eigenvalue weighted by Gasteiger charge is -2.08. The quantitative estimate of drug-likeness (QED) is 0.784. The predicted octanol–water partition coefficient (Wildman–Crippen LogP) is 3.57. The number of nitrogens with two attached hydrogens (primary N) is 1. The number of halogens is 2. The van der Waals surface area contributed by atoms with E-state index in [4.69, 9.17) is 5.73 Å². The van der Waals surface area contributed by atoms with E-state index in [1.807, 2.05) is 28.8 Å². The first-order valence-corrected chi connectivity index (χ1v) is 6.59. The Hall–Kier alpha value is -1.88. The van der Waals surface area contributed by atoms with Crippen LogP contribution in [-0.2, 0) is 6.54 Å². The maximum atomic E-state index is 13.2. The van der Waals surface area contributed by atoms with Gasteiger partial charge in [0.1, 0.15) is 5.82 Å². The SMILES string of the molecule is Nc1nc2cc(F)ccc2n1Cc1ccccc1Br. The molecule has 0 spiro atoms. The second-order valence-electron chi connectivity index (χ2n) is 4.28. The van der Waals surface area contributed by atoms with Crippen molar-refractivity contribution in [2.75, 3.05) is 5.73 Å². The monoisotopic (exact) mass is 319 g/mol. The van der Waals surface area contributed by atoms with E-state index < -0.39 is 0 Å². The summed E-state index contributed by atoms with van der Waals surface area (Å²) in [5.74, 6) is 0.0781. The normalized spacial score (nSPS) is 11.1. The molecule has 0 radical (unpaired) electrons. The summed E-state index contributed by atoms with van der Waals surface area (Å²) in [6.45, 7) is 0.593. The Morgan fingerprint density at radius 2 is 2.00 bits per heavy atom. The second kappa shape index (κ2) is 4.66. The van der Waals surface area contributed by atoms with Gasteiger partial charge in [-0.15, -0.1) is 0 Å². The average Bonchev–Trinajstić information content (AvgIpc) is 2.68. The van der Waals surface area contributed by atoms with E-state index in [1.54, 1.807) is 6.07 Å². The first kappa shape index (κ1) is 12.2. The Morgan fingerprint density at radius 3 is 2.79 bits per heavy atom. The van der Waals surface area contributed by atoms with Gasteiger partial charge in [-0.3, -0.25) is 0 Å². The molecule has 0 atom stereocenters. The van der Waals surface area contributed by atoms with Crippen LogP contribution in [0.1, 0.15) is 5.56 Å². The molecule has 3 aromatic rings. The van der Waals surface area contributed by atoms with Gasteiger partial charge in [0, 0.05) is 10.5 Å². The third kappa shape index (κ3) is 2.21. The topological polar surface area (TPSA) is 43.8 Å². The van der Waals surface area contributed by atoms with Crippen molar-refractivity contribution >= 4 is 32.9 Å². The van der Waals surface area contributed by atoms with Gasteiger partial charge in [-0.25, -0.2) is 9.37 Å². The highest BCUT2D eigenvalue weighted by Gasteiger charge is 2.10. The van der Waals surface area contributed by atoms with E-state index in [0.717, 1.165) is 15.6 Å². The fraction of sp³-hybridized carbons (Fsp3) is 0.0714. The van der Waals surface area contributed by atoms with Crippen molar-refractivity contribution in [2.24, 2.45) is 0 Å². The molecule has 0 unspecified atom stereocenters. The van der Waals surface area contributed by atoms with E-state index in [1.165, 1.54) is 12.1 Å². The molecule has 0 aliphatic carbocycles. The third-order valence-corrected chi connectivity index (χ3v) is 3.80. The summed E-state index contributed by atoms with van der Waals surface area (Å²) in [4.78, 5) is 4.19. The van der Waals surface area contributed by atoms with Crippen LogP contribution in [0.25, 0.3) is 11.0 Å². The van der Waals surface area contributed by atoms with Crippen LogP contribution in [0.3, 0.4) is 0 Å². The van der Waals surface area contributed by atoms with E-state index >= 15 is 0 Å². The van der Waals surface area contributed by atoms with Crippen molar-refractivity contribution in [3.8, 4) is 0 Å². The number of rotatable bonds is 2. The van der Waals surface area contributed by atoms with Gasteiger partial charge >= 0.3 is 0 Å². The largest absolute Gasteiger partial charge is 0.369 e. The molecule has 0 aliphatic heterocycles. The Balaban J connectivity index is 2.10. The molecule has 0 bridgehead atoms. The Bertz CT molecular complexity index is 752. The molecule has 5 heteroatoms. The summed E-state index contributed by atoms with van der Waals surface area (Å²) in [6, 6.07) is 12.4. The number of aromatic nitrogens is 2.